The maximum atomic E-state index is 12.9. The zero-order chi connectivity index (χ0) is 19.4. The van der Waals surface area contributed by atoms with Gasteiger partial charge >= 0.3 is 5.97 Å². The summed E-state index contributed by atoms with van der Waals surface area (Å²) in [6, 6.07) is 14.8. The molecule has 0 unspecified atom stereocenters. The number of Topliss-reactive ketones (excluding diaryl/α,β-unsaturated/α-hetero) is 1. The Balaban J connectivity index is 1.85. The molecule has 138 valence electrons. The van der Waals surface area contributed by atoms with Crippen LogP contribution in [-0.4, -0.2) is 31.0 Å². The third-order valence-electron chi connectivity index (χ3n) is 4.70. The molecular weight excluding hydrogens is 338 g/mol. The Kier molecular flexibility index (Phi) is 5.55. The van der Waals surface area contributed by atoms with Crippen LogP contribution in [0, 0.1) is 0 Å². The van der Waals surface area contributed by atoms with Crippen molar-refractivity contribution >= 4 is 29.6 Å². The third-order valence-corrected chi connectivity index (χ3v) is 4.70. The van der Waals surface area contributed by atoms with Crippen LogP contribution in [0.15, 0.2) is 59.7 Å². The molecule has 3 rings (SSSR count). The monoisotopic (exact) mass is 361 g/mol. The third kappa shape index (κ3) is 4.53. The lowest BCUT2D eigenvalue weighted by Crippen LogP contribution is -2.12. The standard InChI is InChI=1S/C23H23NO3/c1-24(2)21-11-9-16(10-12-21)13-18-6-4-7-19(22(18)25)14-17-5-3-8-20(15-17)23(26)27/h3,5,8-15H,4,6-7H2,1-2H3,(H,26,27)/b18-13+,19-14+. The molecule has 0 aromatic heterocycles. The SMILES string of the molecule is CN(C)c1ccc(/C=C2\CCC/C(=C\c3cccc(C(=O)O)c3)C2=O)cc1. The number of carbonyl (C=O) groups is 2. The number of allylic oxidation sites excluding steroid dienone is 2. The zero-order valence-corrected chi connectivity index (χ0v) is 15.6. The second-order valence-electron chi connectivity index (χ2n) is 6.94. The first kappa shape index (κ1) is 18.6. The summed E-state index contributed by atoms with van der Waals surface area (Å²) in [5.74, 6) is -0.911. The molecule has 2 aromatic carbocycles. The average Bonchev–Trinajstić information content (AvgIpc) is 2.65. The number of rotatable bonds is 4. The van der Waals surface area contributed by atoms with E-state index in [1.807, 2.05) is 61.5 Å². The number of carboxylic acids is 1. The first-order chi connectivity index (χ1) is 12.9. The van der Waals surface area contributed by atoms with Crippen molar-refractivity contribution in [1.29, 1.82) is 0 Å². The maximum absolute atomic E-state index is 12.9. The van der Waals surface area contributed by atoms with Gasteiger partial charge in [0.25, 0.3) is 0 Å². The summed E-state index contributed by atoms with van der Waals surface area (Å²) in [6.07, 6.45) is 6.17. The lowest BCUT2D eigenvalue weighted by atomic mass is 9.86. The van der Waals surface area contributed by atoms with Crippen molar-refractivity contribution in [3.05, 3.63) is 76.4 Å². The second kappa shape index (κ2) is 8.04. The fraction of sp³-hybridized carbons (Fsp3) is 0.217. The van der Waals surface area contributed by atoms with E-state index in [1.54, 1.807) is 18.2 Å². The highest BCUT2D eigenvalue weighted by atomic mass is 16.4. The van der Waals surface area contributed by atoms with Crippen molar-refractivity contribution in [2.24, 2.45) is 0 Å². The molecule has 1 aliphatic rings. The lowest BCUT2D eigenvalue weighted by Gasteiger charge is -2.17. The largest absolute Gasteiger partial charge is 0.478 e. The van der Waals surface area contributed by atoms with Crippen molar-refractivity contribution in [2.45, 2.75) is 19.3 Å². The van der Waals surface area contributed by atoms with Crippen LogP contribution < -0.4 is 4.90 Å². The van der Waals surface area contributed by atoms with Crippen LogP contribution in [0.25, 0.3) is 12.2 Å². The number of anilines is 1. The lowest BCUT2D eigenvalue weighted by molar-refractivity contribution is -0.112. The first-order valence-electron chi connectivity index (χ1n) is 9.00. The maximum Gasteiger partial charge on any atom is 0.335 e. The van der Waals surface area contributed by atoms with Gasteiger partial charge in [-0.25, -0.2) is 4.79 Å². The summed E-state index contributed by atoms with van der Waals surface area (Å²) in [4.78, 5) is 26.0. The number of nitrogens with zero attached hydrogens (tertiary/aromatic N) is 1. The number of ketones is 1. The number of hydrogen-bond acceptors (Lipinski definition) is 3. The molecule has 1 aliphatic carbocycles. The van der Waals surface area contributed by atoms with Gasteiger partial charge in [0.05, 0.1) is 5.56 Å². The molecule has 4 nitrogen and oxygen atoms in total. The van der Waals surface area contributed by atoms with Crippen molar-refractivity contribution in [3.8, 4) is 0 Å². The van der Waals surface area contributed by atoms with Gasteiger partial charge in [-0.05, 0) is 66.8 Å². The molecule has 2 aromatic rings. The van der Waals surface area contributed by atoms with Gasteiger partial charge in [0.1, 0.15) is 0 Å². The van der Waals surface area contributed by atoms with Crippen LogP contribution >= 0.6 is 0 Å². The van der Waals surface area contributed by atoms with Crippen LogP contribution in [0.1, 0.15) is 40.7 Å². The number of benzene rings is 2. The Hall–Kier alpha value is -3.14. The van der Waals surface area contributed by atoms with Crippen LogP contribution in [-0.2, 0) is 4.79 Å². The van der Waals surface area contributed by atoms with Gasteiger partial charge in [-0.15, -0.1) is 0 Å². The number of hydrogen-bond donors (Lipinski definition) is 1. The second-order valence-corrected chi connectivity index (χ2v) is 6.94. The molecule has 0 bridgehead atoms. The fourth-order valence-corrected chi connectivity index (χ4v) is 3.21. The van der Waals surface area contributed by atoms with Crippen molar-refractivity contribution in [3.63, 3.8) is 0 Å². The van der Waals surface area contributed by atoms with E-state index < -0.39 is 5.97 Å². The molecule has 27 heavy (non-hydrogen) atoms. The van der Waals surface area contributed by atoms with Crippen molar-refractivity contribution < 1.29 is 14.7 Å². The zero-order valence-electron chi connectivity index (χ0n) is 15.6. The minimum atomic E-state index is -0.966. The van der Waals surface area contributed by atoms with E-state index in [9.17, 15) is 9.59 Å². The van der Waals surface area contributed by atoms with Gasteiger partial charge in [0, 0.05) is 30.9 Å². The quantitative estimate of drug-likeness (QED) is 0.804. The van der Waals surface area contributed by atoms with E-state index in [0.717, 1.165) is 40.8 Å². The Morgan fingerprint density at radius 2 is 1.59 bits per heavy atom. The molecular formula is C23H23NO3. The summed E-state index contributed by atoms with van der Waals surface area (Å²) >= 11 is 0. The summed E-state index contributed by atoms with van der Waals surface area (Å²) < 4.78 is 0. The van der Waals surface area contributed by atoms with Crippen molar-refractivity contribution in [1.82, 2.24) is 0 Å². The minimum Gasteiger partial charge on any atom is -0.478 e. The van der Waals surface area contributed by atoms with E-state index in [0.29, 0.717) is 6.42 Å². The molecule has 0 radical (unpaired) electrons. The van der Waals surface area contributed by atoms with E-state index in [2.05, 4.69) is 0 Å². The van der Waals surface area contributed by atoms with Gasteiger partial charge in [-0.3, -0.25) is 4.79 Å². The Morgan fingerprint density at radius 1 is 0.963 bits per heavy atom. The van der Waals surface area contributed by atoms with Gasteiger partial charge in [-0.2, -0.15) is 0 Å². The predicted octanol–water partition coefficient (Wildman–Crippen LogP) is 4.67. The Bertz CT molecular complexity index is 921. The van der Waals surface area contributed by atoms with Gasteiger partial charge in [-0.1, -0.05) is 24.3 Å². The average molecular weight is 361 g/mol. The van der Waals surface area contributed by atoms with E-state index in [1.165, 1.54) is 0 Å². The van der Waals surface area contributed by atoms with E-state index in [4.69, 9.17) is 5.11 Å². The summed E-state index contributed by atoms with van der Waals surface area (Å²) in [6.45, 7) is 0. The highest BCUT2D eigenvalue weighted by Crippen LogP contribution is 2.28. The first-order valence-corrected chi connectivity index (χ1v) is 9.00. The molecule has 1 saturated carbocycles. The molecule has 0 amide bonds. The normalized spacial score (nSPS) is 17.3. The molecule has 0 aliphatic heterocycles. The number of aromatic carboxylic acids is 1. The van der Waals surface area contributed by atoms with Gasteiger partial charge in [0.2, 0.25) is 0 Å². The Morgan fingerprint density at radius 3 is 2.19 bits per heavy atom. The van der Waals surface area contributed by atoms with Crippen LogP contribution in [0.2, 0.25) is 0 Å². The summed E-state index contributed by atoms with van der Waals surface area (Å²) in [5, 5.41) is 9.13. The number of carboxylic acid groups (broad SMARTS) is 1. The van der Waals surface area contributed by atoms with E-state index >= 15 is 0 Å². The molecule has 1 N–H and O–H groups in total. The number of carbonyl (C=O) groups excluding carboxylic acids is 1. The van der Waals surface area contributed by atoms with Crippen LogP contribution in [0.4, 0.5) is 5.69 Å². The summed E-state index contributed by atoms with van der Waals surface area (Å²) in [7, 11) is 3.99. The predicted molar refractivity (Wildman–Crippen MR) is 109 cm³/mol. The van der Waals surface area contributed by atoms with Crippen molar-refractivity contribution in [2.75, 3.05) is 19.0 Å². The smallest absolute Gasteiger partial charge is 0.335 e. The van der Waals surface area contributed by atoms with Gasteiger partial charge < -0.3 is 10.0 Å². The highest BCUT2D eigenvalue weighted by Gasteiger charge is 2.20. The fourth-order valence-electron chi connectivity index (χ4n) is 3.21. The molecule has 0 heterocycles. The topological polar surface area (TPSA) is 57.6 Å². The van der Waals surface area contributed by atoms with E-state index in [-0.39, 0.29) is 11.3 Å². The molecule has 0 spiro atoms. The molecule has 0 atom stereocenters. The molecule has 4 heteroatoms. The Labute approximate surface area is 159 Å². The molecule has 1 fully saturated rings. The van der Waals surface area contributed by atoms with Gasteiger partial charge in [0.15, 0.2) is 5.78 Å². The van der Waals surface area contributed by atoms with Crippen LogP contribution in [0.3, 0.4) is 0 Å². The van der Waals surface area contributed by atoms with Crippen LogP contribution in [0.5, 0.6) is 0 Å². The molecule has 0 saturated heterocycles. The highest BCUT2D eigenvalue weighted by molar-refractivity contribution is 6.14. The minimum absolute atomic E-state index is 0.0543. The summed E-state index contributed by atoms with van der Waals surface area (Å²) in [5.41, 5.74) is 4.64.